The number of hydrogen-bond acceptors (Lipinski definition) is 7. The van der Waals surface area contributed by atoms with Crippen molar-refractivity contribution in [3.8, 4) is 26.6 Å². The average Bonchev–Trinajstić information content (AvgIpc) is 3.36. The van der Waals surface area contributed by atoms with E-state index >= 15 is 0 Å². The monoisotopic (exact) mass is 394 g/mol. The summed E-state index contributed by atoms with van der Waals surface area (Å²) in [5, 5.41) is 14.5. The van der Waals surface area contributed by atoms with Gasteiger partial charge in [0.25, 0.3) is 0 Å². The first kappa shape index (κ1) is 16.0. The molecule has 5 nitrogen and oxygen atoms in total. The van der Waals surface area contributed by atoms with E-state index in [-0.39, 0.29) is 32.8 Å². The Bertz CT molecular complexity index is 1300. The van der Waals surface area contributed by atoms with Gasteiger partial charge in [-0.25, -0.2) is 0 Å². The fraction of sp³-hybridized carbons (Fsp3) is 0. The van der Waals surface area contributed by atoms with Crippen LogP contribution >= 0.6 is 22.7 Å². The number of benzene rings is 1. The van der Waals surface area contributed by atoms with Gasteiger partial charge in [0.1, 0.15) is 40.2 Å². The van der Waals surface area contributed by atoms with Gasteiger partial charge in [0.2, 0.25) is 10.9 Å². The van der Waals surface area contributed by atoms with Gasteiger partial charge in [0.05, 0.1) is 11.1 Å². The van der Waals surface area contributed by atoms with E-state index in [1.165, 1.54) is 41.3 Å². The number of phenols is 1. The zero-order valence-corrected chi connectivity index (χ0v) is 15.2. The Hall–Kier alpha value is -3.16. The quantitative estimate of drug-likeness (QED) is 0.423. The minimum atomic E-state index is -0.415. The van der Waals surface area contributed by atoms with Gasteiger partial charge in [-0.15, -0.1) is 22.7 Å². The number of thiophene rings is 2. The molecule has 0 atom stereocenters. The molecule has 4 heterocycles. The molecule has 0 spiro atoms. The Balaban J connectivity index is 1.90. The zero-order valence-electron chi connectivity index (χ0n) is 13.6. The summed E-state index contributed by atoms with van der Waals surface area (Å²) in [5.74, 6) is -0.415. The molecule has 27 heavy (non-hydrogen) atoms. The molecular weight excluding hydrogens is 384 g/mol. The van der Waals surface area contributed by atoms with Crippen molar-refractivity contribution >= 4 is 44.6 Å². The van der Waals surface area contributed by atoms with Crippen LogP contribution in [0, 0.1) is 0 Å². The number of hydrogen-bond donors (Lipinski definition) is 1. The standard InChI is InChI=1S/C20H10O5S2/c21-18-10(14-3-1-5-26-14)8-24-12-7-13-17(20(23)16(12)18)19(22)11(9-25-13)15-4-2-6-27-15/h1-9,23H. The highest BCUT2D eigenvalue weighted by molar-refractivity contribution is 7.13. The number of phenolic OH excluding ortho intramolecular Hbond substituents is 1. The van der Waals surface area contributed by atoms with Crippen molar-refractivity contribution in [3.63, 3.8) is 0 Å². The summed E-state index contributed by atoms with van der Waals surface area (Å²) in [6.45, 7) is 0. The lowest BCUT2D eigenvalue weighted by Crippen LogP contribution is -2.08. The zero-order chi connectivity index (χ0) is 18.5. The molecule has 0 saturated carbocycles. The van der Waals surface area contributed by atoms with Crippen LogP contribution in [0.2, 0.25) is 0 Å². The van der Waals surface area contributed by atoms with E-state index < -0.39 is 5.75 Å². The van der Waals surface area contributed by atoms with Crippen molar-refractivity contribution in [3.05, 3.63) is 74.1 Å². The Labute approximate surface area is 159 Å². The molecule has 5 rings (SSSR count). The van der Waals surface area contributed by atoms with Gasteiger partial charge in [-0.1, -0.05) is 12.1 Å². The first-order valence-electron chi connectivity index (χ1n) is 7.96. The van der Waals surface area contributed by atoms with Gasteiger partial charge >= 0.3 is 0 Å². The molecule has 132 valence electrons. The molecule has 4 aromatic heterocycles. The number of rotatable bonds is 2. The Morgan fingerprint density at radius 3 is 1.67 bits per heavy atom. The van der Waals surface area contributed by atoms with Gasteiger partial charge < -0.3 is 13.9 Å². The van der Waals surface area contributed by atoms with E-state index in [2.05, 4.69) is 0 Å². The largest absolute Gasteiger partial charge is 0.506 e. The molecule has 0 aliphatic rings. The first-order valence-corrected chi connectivity index (χ1v) is 9.72. The van der Waals surface area contributed by atoms with E-state index in [9.17, 15) is 14.7 Å². The predicted octanol–water partition coefficient (Wildman–Crippen LogP) is 5.06. The van der Waals surface area contributed by atoms with Crippen molar-refractivity contribution in [1.29, 1.82) is 0 Å². The summed E-state index contributed by atoms with van der Waals surface area (Å²) in [6.07, 6.45) is 2.72. The highest BCUT2D eigenvalue weighted by Crippen LogP contribution is 2.34. The fourth-order valence-corrected chi connectivity index (χ4v) is 4.53. The van der Waals surface area contributed by atoms with E-state index in [1.807, 2.05) is 22.9 Å². The summed E-state index contributed by atoms with van der Waals surface area (Å²) >= 11 is 2.78. The highest BCUT2D eigenvalue weighted by Gasteiger charge is 2.20. The Morgan fingerprint density at radius 1 is 0.778 bits per heavy atom. The van der Waals surface area contributed by atoms with E-state index in [0.717, 1.165) is 9.75 Å². The second kappa shape index (κ2) is 5.94. The predicted molar refractivity (Wildman–Crippen MR) is 107 cm³/mol. The topological polar surface area (TPSA) is 80.7 Å². The van der Waals surface area contributed by atoms with Crippen LogP contribution < -0.4 is 10.9 Å². The fourth-order valence-electron chi connectivity index (χ4n) is 3.07. The minimum Gasteiger partial charge on any atom is -0.506 e. The van der Waals surface area contributed by atoms with Crippen molar-refractivity contribution < 1.29 is 13.9 Å². The van der Waals surface area contributed by atoms with Gasteiger partial charge in [-0.3, -0.25) is 9.59 Å². The summed E-state index contributed by atoms with van der Waals surface area (Å²) in [5.41, 5.74) is 0.226. The summed E-state index contributed by atoms with van der Waals surface area (Å²) in [7, 11) is 0. The van der Waals surface area contributed by atoms with Gasteiger partial charge in [-0.2, -0.15) is 0 Å². The van der Waals surface area contributed by atoms with Crippen molar-refractivity contribution in [2.75, 3.05) is 0 Å². The van der Waals surface area contributed by atoms with Crippen molar-refractivity contribution in [2.45, 2.75) is 0 Å². The maximum Gasteiger partial charge on any atom is 0.205 e. The Morgan fingerprint density at radius 2 is 1.26 bits per heavy atom. The molecule has 0 aliphatic carbocycles. The van der Waals surface area contributed by atoms with Crippen LogP contribution in [0.1, 0.15) is 0 Å². The van der Waals surface area contributed by atoms with Gasteiger partial charge in [0, 0.05) is 15.8 Å². The maximum atomic E-state index is 13.0. The van der Waals surface area contributed by atoms with Crippen LogP contribution in [-0.2, 0) is 0 Å². The second-order valence-corrected chi connectivity index (χ2v) is 7.78. The molecule has 0 unspecified atom stereocenters. The third-order valence-corrected chi connectivity index (χ3v) is 6.16. The van der Waals surface area contributed by atoms with Crippen molar-refractivity contribution in [1.82, 2.24) is 0 Å². The van der Waals surface area contributed by atoms with E-state index in [4.69, 9.17) is 8.83 Å². The normalized spacial score (nSPS) is 11.4. The lowest BCUT2D eigenvalue weighted by Gasteiger charge is -2.07. The summed E-state index contributed by atoms with van der Waals surface area (Å²) in [6, 6.07) is 8.70. The smallest absolute Gasteiger partial charge is 0.205 e. The highest BCUT2D eigenvalue weighted by atomic mass is 32.1. The average molecular weight is 394 g/mol. The third kappa shape index (κ3) is 2.36. The number of aromatic hydroxyl groups is 1. The van der Waals surface area contributed by atoms with Gasteiger partial charge in [-0.05, 0) is 22.9 Å². The SMILES string of the molecule is O=c1c(-c2cccs2)coc2cc3occ(-c4cccs4)c(=O)c3c(O)c12. The van der Waals surface area contributed by atoms with Crippen LogP contribution in [0.3, 0.4) is 0 Å². The van der Waals surface area contributed by atoms with Crippen LogP contribution in [0.5, 0.6) is 5.75 Å². The van der Waals surface area contributed by atoms with E-state index in [0.29, 0.717) is 11.1 Å². The molecule has 0 bridgehead atoms. The summed E-state index contributed by atoms with van der Waals surface area (Å²) < 4.78 is 11.1. The molecule has 1 N–H and O–H groups in total. The lowest BCUT2D eigenvalue weighted by atomic mass is 10.1. The summed E-state index contributed by atoms with van der Waals surface area (Å²) in [4.78, 5) is 27.4. The molecule has 0 aliphatic heterocycles. The van der Waals surface area contributed by atoms with E-state index in [1.54, 1.807) is 12.1 Å². The molecular formula is C20H10O5S2. The second-order valence-electron chi connectivity index (χ2n) is 5.88. The van der Waals surface area contributed by atoms with Gasteiger partial charge in [0.15, 0.2) is 0 Å². The molecule has 7 heteroatoms. The van der Waals surface area contributed by atoms with Crippen LogP contribution in [0.4, 0.5) is 0 Å². The molecule has 5 aromatic rings. The third-order valence-electron chi connectivity index (χ3n) is 4.35. The van der Waals surface area contributed by atoms with Crippen LogP contribution in [0.15, 0.2) is 72.0 Å². The maximum absolute atomic E-state index is 13.0. The lowest BCUT2D eigenvalue weighted by molar-refractivity contribution is 0.483. The molecule has 0 amide bonds. The van der Waals surface area contributed by atoms with Crippen molar-refractivity contribution in [2.24, 2.45) is 0 Å². The minimum absolute atomic E-state index is 0.0240. The number of fused-ring (bicyclic) bond motifs is 2. The molecule has 0 saturated heterocycles. The molecule has 0 fully saturated rings. The molecule has 1 aromatic carbocycles. The Kier molecular flexibility index (Phi) is 3.53. The molecule has 0 radical (unpaired) electrons. The first-order chi connectivity index (χ1) is 13.1. The van der Waals surface area contributed by atoms with Crippen LogP contribution in [0.25, 0.3) is 42.8 Å². The van der Waals surface area contributed by atoms with Crippen LogP contribution in [-0.4, -0.2) is 5.11 Å².